The first-order valence-electron chi connectivity index (χ1n) is 7.34. The Balaban J connectivity index is 2.04. The molecule has 0 aromatic carbocycles. The van der Waals surface area contributed by atoms with Gasteiger partial charge in [-0.25, -0.2) is 27.9 Å². The summed E-state index contributed by atoms with van der Waals surface area (Å²) in [5.74, 6) is 0.258. The molecule has 0 atom stereocenters. The van der Waals surface area contributed by atoms with Crippen molar-refractivity contribution in [2.24, 2.45) is 14.1 Å². The predicted molar refractivity (Wildman–Crippen MR) is 86.5 cm³/mol. The van der Waals surface area contributed by atoms with Crippen molar-refractivity contribution in [3.05, 3.63) is 44.5 Å². The lowest BCUT2D eigenvalue weighted by molar-refractivity contribution is 0.588. The van der Waals surface area contributed by atoms with Crippen LogP contribution in [-0.2, 0) is 24.1 Å². The molecule has 0 saturated heterocycles. The number of nitrogens with zero attached hydrogens (tertiary/aromatic N) is 4. The van der Waals surface area contributed by atoms with Crippen molar-refractivity contribution in [2.45, 2.75) is 30.6 Å². The second-order valence-corrected chi connectivity index (χ2v) is 7.54. The van der Waals surface area contributed by atoms with Gasteiger partial charge >= 0.3 is 5.69 Å². The number of sulfonamides is 1. The highest BCUT2D eigenvalue weighted by molar-refractivity contribution is 7.92. The van der Waals surface area contributed by atoms with E-state index in [0.717, 1.165) is 33.9 Å². The molecule has 2 heterocycles. The number of aromatic nitrogens is 4. The molecule has 1 fully saturated rings. The number of hydrogen-bond acceptors (Lipinski definition) is 6. The second-order valence-electron chi connectivity index (χ2n) is 5.89. The first kappa shape index (κ1) is 16.4. The number of aryl methyl sites for hydroxylation is 2. The lowest BCUT2D eigenvalue weighted by Gasteiger charge is -2.10. The van der Waals surface area contributed by atoms with Gasteiger partial charge in [0, 0.05) is 37.6 Å². The molecule has 128 valence electrons. The number of rotatable bonds is 4. The van der Waals surface area contributed by atoms with Crippen molar-refractivity contribution in [1.29, 1.82) is 0 Å². The van der Waals surface area contributed by atoms with Gasteiger partial charge < -0.3 is 4.57 Å². The number of hydrogen-bond donors (Lipinski definition) is 1. The molecule has 10 heteroatoms. The fourth-order valence-electron chi connectivity index (χ4n) is 2.36. The van der Waals surface area contributed by atoms with Crippen LogP contribution in [0.15, 0.2) is 26.7 Å². The summed E-state index contributed by atoms with van der Waals surface area (Å²) in [6.07, 6.45) is 3.03. The third-order valence-electron chi connectivity index (χ3n) is 3.80. The Morgan fingerprint density at radius 1 is 1.21 bits per heavy atom. The normalized spacial score (nSPS) is 14.6. The van der Waals surface area contributed by atoms with Gasteiger partial charge in [0.15, 0.2) is 4.90 Å². The van der Waals surface area contributed by atoms with Crippen LogP contribution in [0.25, 0.3) is 0 Å². The van der Waals surface area contributed by atoms with Gasteiger partial charge in [0.25, 0.3) is 15.6 Å². The van der Waals surface area contributed by atoms with E-state index in [1.54, 1.807) is 6.92 Å². The molecule has 0 spiro atoms. The highest BCUT2D eigenvalue weighted by atomic mass is 32.2. The summed E-state index contributed by atoms with van der Waals surface area (Å²) >= 11 is 0. The standard InChI is InChI=1S/C14H17N5O4S/c1-8-6-10(9-4-5-9)16-13(15-8)17-24(22,23)11-7-18(2)14(21)19(3)12(11)20/h6-7,9H,4-5H2,1-3H3,(H,15,16,17). The third kappa shape index (κ3) is 2.96. The molecule has 1 saturated carbocycles. The summed E-state index contributed by atoms with van der Waals surface area (Å²) in [5.41, 5.74) is -0.0889. The largest absolute Gasteiger partial charge is 0.330 e. The van der Waals surface area contributed by atoms with E-state index in [1.807, 2.05) is 6.07 Å². The molecular weight excluding hydrogens is 334 g/mol. The van der Waals surface area contributed by atoms with E-state index in [4.69, 9.17) is 0 Å². The van der Waals surface area contributed by atoms with Gasteiger partial charge in [-0.15, -0.1) is 0 Å². The summed E-state index contributed by atoms with van der Waals surface area (Å²) in [6, 6.07) is 1.82. The lowest BCUT2D eigenvalue weighted by atomic mass is 10.2. The Morgan fingerprint density at radius 2 is 1.88 bits per heavy atom. The van der Waals surface area contributed by atoms with Gasteiger partial charge in [0.05, 0.1) is 0 Å². The Kier molecular flexibility index (Phi) is 3.78. The average Bonchev–Trinajstić information content (AvgIpc) is 3.32. The maximum Gasteiger partial charge on any atom is 0.330 e. The number of nitrogens with one attached hydrogen (secondary N) is 1. The summed E-state index contributed by atoms with van der Waals surface area (Å²) in [4.78, 5) is 31.6. The van der Waals surface area contributed by atoms with Crippen LogP contribution in [0.1, 0.15) is 30.1 Å². The highest BCUT2D eigenvalue weighted by Crippen LogP contribution is 2.39. The van der Waals surface area contributed by atoms with Gasteiger partial charge in [-0.1, -0.05) is 0 Å². The molecule has 0 bridgehead atoms. The van der Waals surface area contributed by atoms with Crippen molar-refractivity contribution in [1.82, 2.24) is 19.1 Å². The van der Waals surface area contributed by atoms with Crippen LogP contribution in [0.3, 0.4) is 0 Å². The summed E-state index contributed by atoms with van der Waals surface area (Å²) in [5, 5.41) is 0. The Bertz CT molecular complexity index is 1030. The minimum Gasteiger partial charge on any atom is -0.302 e. The Hall–Kier alpha value is -2.49. The van der Waals surface area contributed by atoms with Crippen LogP contribution in [0.4, 0.5) is 5.95 Å². The maximum atomic E-state index is 12.5. The monoisotopic (exact) mass is 351 g/mol. The van der Waals surface area contributed by atoms with Gasteiger partial charge in [0.1, 0.15) is 0 Å². The van der Waals surface area contributed by atoms with Crippen LogP contribution in [-0.4, -0.2) is 27.5 Å². The molecule has 0 radical (unpaired) electrons. The van der Waals surface area contributed by atoms with Gasteiger partial charge in [-0.05, 0) is 25.8 Å². The van der Waals surface area contributed by atoms with Gasteiger partial charge in [0.2, 0.25) is 5.95 Å². The van der Waals surface area contributed by atoms with E-state index >= 15 is 0 Å². The quantitative estimate of drug-likeness (QED) is 0.820. The minimum atomic E-state index is -4.21. The smallest absolute Gasteiger partial charge is 0.302 e. The van der Waals surface area contributed by atoms with E-state index in [2.05, 4.69) is 14.7 Å². The van der Waals surface area contributed by atoms with Crippen LogP contribution >= 0.6 is 0 Å². The molecule has 3 rings (SSSR count). The summed E-state index contributed by atoms with van der Waals surface area (Å²) in [6.45, 7) is 1.75. The van der Waals surface area contributed by atoms with Crippen LogP contribution in [0.5, 0.6) is 0 Å². The van der Waals surface area contributed by atoms with Gasteiger partial charge in [-0.2, -0.15) is 0 Å². The molecule has 0 amide bonds. The number of anilines is 1. The Labute approximate surface area is 138 Å². The van der Waals surface area contributed by atoms with Crippen LogP contribution in [0.2, 0.25) is 0 Å². The van der Waals surface area contributed by atoms with Crippen molar-refractivity contribution >= 4 is 16.0 Å². The minimum absolute atomic E-state index is 0.0761. The van der Waals surface area contributed by atoms with Crippen molar-refractivity contribution < 1.29 is 8.42 Å². The summed E-state index contributed by atoms with van der Waals surface area (Å²) in [7, 11) is -1.62. The second kappa shape index (κ2) is 5.55. The maximum absolute atomic E-state index is 12.5. The fraction of sp³-hybridized carbons (Fsp3) is 0.429. The molecule has 9 nitrogen and oxygen atoms in total. The van der Waals surface area contributed by atoms with Gasteiger partial charge in [-0.3, -0.25) is 9.36 Å². The van der Waals surface area contributed by atoms with Crippen molar-refractivity contribution in [2.75, 3.05) is 4.72 Å². The molecule has 2 aromatic rings. The molecule has 1 aliphatic rings. The van der Waals surface area contributed by atoms with Crippen LogP contribution < -0.4 is 16.0 Å². The average molecular weight is 351 g/mol. The van der Waals surface area contributed by atoms with E-state index in [1.165, 1.54) is 14.1 Å². The lowest BCUT2D eigenvalue weighted by Crippen LogP contribution is -2.40. The first-order valence-corrected chi connectivity index (χ1v) is 8.82. The zero-order valence-electron chi connectivity index (χ0n) is 13.5. The SMILES string of the molecule is Cc1cc(C2CC2)nc(NS(=O)(=O)c2cn(C)c(=O)n(C)c2=O)n1. The zero-order valence-corrected chi connectivity index (χ0v) is 14.3. The van der Waals surface area contributed by atoms with E-state index in [9.17, 15) is 18.0 Å². The third-order valence-corrected chi connectivity index (χ3v) is 5.11. The molecule has 0 aliphatic heterocycles. The summed E-state index contributed by atoms with van der Waals surface area (Å²) < 4.78 is 29.1. The molecule has 1 aliphatic carbocycles. The Morgan fingerprint density at radius 3 is 2.50 bits per heavy atom. The van der Waals surface area contributed by atoms with Crippen LogP contribution in [0, 0.1) is 6.92 Å². The van der Waals surface area contributed by atoms with E-state index in [0.29, 0.717) is 11.6 Å². The zero-order chi connectivity index (χ0) is 17.6. The molecular formula is C14H17N5O4S. The van der Waals surface area contributed by atoms with E-state index < -0.39 is 26.2 Å². The first-order chi connectivity index (χ1) is 11.2. The predicted octanol–water partition coefficient (Wildman–Crippen LogP) is -0.139. The van der Waals surface area contributed by atoms with Crippen molar-refractivity contribution in [3.8, 4) is 0 Å². The highest BCUT2D eigenvalue weighted by Gasteiger charge is 2.27. The fourth-order valence-corrected chi connectivity index (χ4v) is 3.47. The molecule has 24 heavy (non-hydrogen) atoms. The molecule has 1 N–H and O–H groups in total. The molecule has 0 unspecified atom stereocenters. The van der Waals surface area contributed by atoms with Crippen molar-refractivity contribution in [3.63, 3.8) is 0 Å². The molecule has 2 aromatic heterocycles. The topological polar surface area (TPSA) is 116 Å². The van der Waals surface area contributed by atoms with E-state index in [-0.39, 0.29) is 5.95 Å².